The predicted octanol–water partition coefficient (Wildman–Crippen LogP) is 5.68. The summed E-state index contributed by atoms with van der Waals surface area (Å²) in [6.45, 7) is 8.39. The topological polar surface area (TPSA) is 57.5 Å². The largest absolute Gasteiger partial charge is 0.507 e. The number of phenols is 1. The Bertz CT molecular complexity index is 512. The van der Waals surface area contributed by atoms with Crippen molar-refractivity contribution in [2.45, 2.75) is 84.5 Å². The number of hydrogen-bond acceptors (Lipinski definition) is 2. The Morgan fingerprint density at radius 1 is 1.00 bits per heavy atom. The van der Waals surface area contributed by atoms with E-state index in [2.05, 4.69) is 27.7 Å². The van der Waals surface area contributed by atoms with Crippen LogP contribution in [0.4, 0.5) is 0 Å². The van der Waals surface area contributed by atoms with E-state index < -0.39 is 5.97 Å². The molecule has 3 heteroatoms. The van der Waals surface area contributed by atoms with Crippen molar-refractivity contribution in [2.24, 2.45) is 0 Å². The fourth-order valence-corrected chi connectivity index (χ4v) is 2.75. The molecule has 0 aromatic heterocycles. The van der Waals surface area contributed by atoms with Crippen LogP contribution in [-0.2, 0) is 11.8 Å². The smallest absolute Gasteiger partial charge is 0.339 e. The van der Waals surface area contributed by atoms with E-state index in [0.29, 0.717) is 0 Å². The van der Waals surface area contributed by atoms with Crippen molar-refractivity contribution in [2.75, 3.05) is 0 Å². The van der Waals surface area contributed by atoms with Crippen molar-refractivity contribution in [1.82, 2.24) is 0 Å². The Kier molecular flexibility index (Phi) is 7.60. The average molecular weight is 320 g/mol. The van der Waals surface area contributed by atoms with Gasteiger partial charge in [0, 0.05) is 0 Å². The molecule has 0 amide bonds. The van der Waals surface area contributed by atoms with Crippen molar-refractivity contribution in [3.63, 3.8) is 0 Å². The molecule has 1 aromatic carbocycles. The van der Waals surface area contributed by atoms with Crippen molar-refractivity contribution >= 4 is 5.97 Å². The molecule has 3 nitrogen and oxygen atoms in total. The molecule has 0 radical (unpaired) electrons. The SMILES string of the molecule is CCCCCCCCCc1cc(C(C)(C)C)cc(C(=O)O)c1O. The molecule has 0 bridgehead atoms. The molecule has 0 heterocycles. The van der Waals surface area contributed by atoms with Crippen LogP contribution in [0.15, 0.2) is 12.1 Å². The summed E-state index contributed by atoms with van der Waals surface area (Å²) in [4.78, 5) is 11.4. The maximum Gasteiger partial charge on any atom is 0.339 e. The lowest BCUT2D eigenvalue weighted by molar-refractivity contribution is 0.0693. The number of aromatic carboxylic acids is 1. The highest BCUT2D eigenvalue weighted by atomic mass is 16.4. The van der Waals surface area contributed by atoms with Gasteiger partial charge in [0.2, 0.25) is 0 Å². The third-order valence-electron chi connectivity index (χ3n) is 4.33. The minimum atomic E-state index is -1.06. The third kappa shape index (κ3) is 6.25. The van der Waals surface area contributed by atoms with Crippen molar-refractivity contribution in [3.8, 4) is 5.75 Å². The molecule has 23 heavy (non-hydrogen) atoms. The summed E-state index contributed by atoms with van der Waals surface area (Å²) in [6, 6.07) is 3.57. The number of rotatable bonds is 9. The standard InChI is InChI=1S/C20H32O3/c1-5-6-7-8-9-10-11-12-15-13-16(20(2,3)4)14-17(18(15)21)19(22)23/h13-14,21H,5-12H2,1-4H3,(H,22,23). The second-order valence-electron chi connectivity index (χ2n) is 7.46. The molecule has 0 saturated heterocycles. The first-order chi connectivity index (χ1) is 10.8. The second kappa shape index (κ2) is 8.95. The normalized spacial score (nSPS) is 11.7. The highest BCUT2D eigenvalue weighted by Crippen LogP contribution is 2.32. The molecule has 0 unspecified atom stereocenters. The fraction of sp³-hybridized carbons (Fsp3) is 0.650. The van der Waals surface area contributed by atoms with Crippen LogP contribution in [0.5, 0.6) is 5.75 Å². The monoisotopic (exact) mass is 320 g/mol. The van der Waals surface area contributed by atoms with Gasteiger partial charge in [-0.25, -0.2) is 4.79 Å². The van der Waals surface area contributed by atoms with Gasteiger partial charge >= 0.3 is 5.97 Å². The van der Waals surface area contributed by atoms with E-state index >= 15 is 0 Å². The van der Waals surface area contributed by atoms with Crippen LogP contribution >= 0.6 is 0 Å². The first kappa shape index (κ1) is 19.5. The second-order valence-corrected chi connectivity index (χ2v) is 7.46. The van der Waals surface area contributed by atoms with Crippen LogP contribution in [0, 0.1) is 0 Å². The summed E-state index contributed by atoms with van der Waals surface area (Å²) in [5.74, 6) is -1.12. The molecule has 0 atom stereocenters. The van der Waals surface area contributed by atoms with E-state index in [1.807, 2.05) is 6.07 Å². The van der Waals surface area contributed by atoms with Crippen LogP contribution in [0.25, 0.3) is 0 Å². The van der Waals surface area contributed by atoms with Gasteiger partial charge in [0.15, 0.2) is 0 Å². The molecule has 2 N–H and O–H groups in total. The molecule has 0 aliphatic carbocycles. The van der Waals surface area contributed by atoms with Gasteiger partial charge in [-0.15, -0.1) is 0 Å². The molecule has 0 aliphatic rings. The number of unbranched alkanes of at least 4 members (excludes halogenated alkanes) is 6. The first-order valence-corrected chi connectivity index (χ1v) is 8.87. The number of aryl methyl sites for hydroxylation is 1. The van der Waals surface area contributed by atoms with Gasteiger partial charge in [0.05, 0.1) is 0 Å². The lowest BCUT2D eigenvalue weighted by Gasteiger charge is -2.21. The summed E-state index contributed by atoms with van der Waals surface area (Å²) in [5.41, 5.74) is 1.62. The van der Waals surface area contributed by atoms with Crippen LogP contribution < -0.4 is 0 Å². The van der Waals surface area contributed by atoms with Gasteiger partial charge < -0.3 is 10.2 Å². The number of carboxylic acid groups (broad SMARTS) is 1. The zero-order valence-corrected chi connectivity index (χ0v) is 15.1. The summed E-state index contributed by atoms with van der Waals surface area (Å²) >= 11 is 0. The third-order valence-corrected chi connectivity index (χ3v) is 4.33. The molecule has 0 saturated carbocycles. The van der Waals surface area contributed by atoms with Gasteiger partial charge in [-0.05, 0) is 35.4 Å². The zero-order chi connectivity index (χ0) is 17.5. The van der Waals surface area contributed by atoms with Crippen LogP contribution in [0.1, 0.15) is 94.1 Å². The lowest BCUT2D eigenvalue weighted by Crippen LogP contribution is -2.13. The minimum Gasteiger partial charge on any atom is -0.507 e. The summed E-state index contributed by atoms with van der Waals surface area (Å²) in [6.07, 6.45) is 9.20. The molecular formula is C20H32O3. The number of carbonyl (C=O) groups is 1. The Labute approximate surface area is 140 Å². The zero-order valence-electron chi connectivity index (χ0n) is 15.1. The highest BCUT2D eigenvalue weighted by molar-refractivity contribution is 5.91. The van der Waals surface area contributed by atoms with Crippen molar-refractivity contribution < 1.29 is 15.0 Å². The molecule has 1 rings (SSSR count). The van der Waals surface area contributed by atoms with Gasteiger partial charge in [-0.1, -0.05) is 72.3 Å². The summed E-state index contributed by atoms with van der Waals surface area (Å²) in [5, 5.41) is 19.6. The maximum absolute atomic E-state index is 11.4. The summed E-state index contributed by atoms with van der Waals surface area (Å²) in [7, 11) is 0. The van der Waals surface area contributed by atoms with E-state index in [1.54, 1.807) is 6.07 Å². The van der Waals surface area contributed by atoms with E-state index in [1.165, 1.54) is 32.1 Å². The predicted molar refractivity (Wildman–Crippen MR) is 95.5 cm³/mol. The number of hydrogen-bond donors (Lipinski definition) is 2. The Hall–Kier alpha value is -1.51. The Morgan fingerprint density at radius 3 is 2.09 bits per heavy atom. The van der Waals surface area contributed by atoms with Gasteiger partial charge in [-0.3, -0.25) is 0 Å². The molecule has 130 valence electrons. The van der Waals surface area contributed by atoms with Crippen LogP contribution in [0.2, 0.25) is 0 Å². The first-order valence-electron chi connectivity index (χ1n) is 8.87. The van der Waals surface area contributed by atoms with E-state index in [4.69, 9.17) is 0 Å². The van der Waals surface area contributed by atoms with E-state index in [0.717, 1.165) is 30.4 Å². The number of carboxylic acids is 1. The quantitative estimate of drug-likeness (QED) is 0.575. The van der Waals surface area contributed by atoms with E-state index in [-0.39, 0.29) is 16.7 Å². The molecular weight excluding hydrogens is 288 g/mol. The van der Waals surface area contributed by atoms with Crippen LogP contribution in [-0.4, -0.2) is 16.2 Å². The fourth-order valence-electron chi connectivity index (χ4n) is 2.75. The Balaban J connectivity index is 2.73. The molecule has 0 spiro atoms. The summed E-state index contributed by atoms with van der Waals surface area (Å²) < 4.78 is 0. The van der Waals surface area contributed by atoms with Gasteiger partial charge in [0.25, 0.3) is 0 Å². The highest BCUT2D eigenvalue weighted by Gasteiger charge is 2.21. The van der Waals surface area contributed by atoms with Crippen LogP contribution in [0.3, 0.4) is 0 Å². The molecule has 0 fully saturated rings. The van der Waals surface area contributed by atoms with E-state index in [9.17, 15) is 15.0 Å². The molecule has 1 aromatic rings. The van der Waals surface area contributed by atoms with Gasteiger partial charge in [0.1, 0.15) is 11.3 Å². The Morgan fingerprint density at radius 2 is 1.57 bits per heavy atom. The van der Waals surface area contributed by atoms with Crippen molar-refractivity contribution in [1.29, 1.82) is 0 Å². The average Bonchev–Trinajstić information content (AvgIpc) is 2.46. The number of aromatic hydroxyl groups is 1. The number of benzene rings is 1. The van der Waals surface area contributed by atoms with Gasteiger partial charge in [-0.2, -0.15) is 0 Å². The maximum atomic E-state index is 11.4. The lowest BCUT2D eigenvalue weighted by atomic mass is 9.84. The molecule has 0 aliphatic heterocycles. The van der Waals surface area contributed by atoms with Crippen molar-refractivity contribution in [3.05, 3.63) is 28.8 Å². The minimum absolute atomic E-state index is 0.0235.